The fourth-order valence-electron chi connectivity index (χ4n) is 2.96. The topological polar surface area (TPSA) is 12.0 Å². The monoisotopic (exact) mass is 259 g/mol. The molecule has 19 heavy (non-hydrogen) atoms. The molecule has 1 aromatic carbocycles. The Morgan fingerprint density at radius 1 is 1.21 bits per heavy atom. The van der Waals surface area contributed by atoms with Crippen molar-refractivity contribution in [3.05, 3.63) is 35.4 Å². The smallest absolute Gasteiger partial charge is 0.00966 e. The molecule has 2 atom stereocenters. The Bertz CT molecular complexity index is 402. The van der Waals surface area contributed by atoms with E-state index in [1.54, 1.807) is 5.56 Å². The van der Waals surface area contributed by atoms with Gasteiger partial charge in [0.15, 0.2) is 0 Å². The van der Waals surface area contributed by atoms with Crippen LogP contribution in [-0.2, 0) is 6.42 Å². The van der Waals surface area contributed by atoms with Gasteiger partial charge in [0, 0.05) is 5.54 Å². The van der Waals surface area contributed by atoms with Crippen LogP contribution in [-0.4, -0.2) is 12.1 Å². The van der Waals surface area contributed by atoms with Crippen LogP contribution in [0.4, 0.5) is 0 Å². The average Bonchev–Trinajstić information content (AvgIpc) is 2.27. The predicted molar refractivity (Wildman–Crippen MR) is 83.7 cm³/mol. The van der Waals surface area contributed by atoms with Crippen molar-refractivity contribution in [3.8, 4) is 0 Å². The molecule has 0 saturated heterocycles. The molecule has 1 aliphatic carbocycles. The van der Waals surface area contributed by atoms with Gasteiger partial charge in [-0.05, 0) is 69.5 Å². The fraction of sp³-hybridized carbons (Fsp3) is 0.667. The third-order valence-electron chi connectivity index (χ3n) is 4.23. The van der Waals surface area contributed by atoms with Gasteiger partial charge in [-0.25, -0.2) is 0 Å². The lowest BCUT2D eigenvalue weighted by atomic mass is 9.69. The molecule has 2 unspecified atom stereocenters. The molecule has 1 fully saturated rings. The quantitative estimate of drug-likeness (QED) is 0.819. The Kier molecular flexibility index (Phi) is 4.67. The van der Waals surface area contributed by atoms with E-state index >= 15 is 0 Å². The van der Waals surface area contributed by atoms with Crippen molar-refractivity contribution in [2.75, 3.05) is 6.54 Å². The minimum Gasteiger partial charge on any atom is -0.312 e. The summed E-state index contributed by atoms with van der Waals surface area (Å²) >= 11 is 0. The van der Waals surface area contributed by atoms with E-state index < -0.39 is 0 Å². The van der Waals surface area contributed by atoms with Gasteiger partial charge in [0.1, 0.15) is 0 Å². The van der Waals surface area contributed by atoms with E-state index in [0.717, 1.165) is 18.4 Å². The molecule has 1 N–H and O–H groups in total. The van der Waals surface area contributed by atoms with Crippen molar-refractivity contribution in [2.45, 2.75) is 64.8 Å². The van der Waals surface area contributed by atoms with Crippen LogP contribution >= 0.6 is 0 Å². The molecule has 1 nitrogen and oxygen atoms in total. The number of hydrogen-bond donors (Lipinski definition) is 1. The number of hydrogen-bond acceptors (Lipinski definition) is 1. The van der Waals surface area contributed by atoms with E-state index in [0.29, 0.717) is 0 Å². The van der Waals surface area contributed by atoms with Crippen molar-refractivity contribution >= 4 is 0 Å². The van der Waals surface area contributed by atoms with Gasteiger partial charge < -0.3 is 5.32 Å². The summed E-state index contributed by atoms with van der Waals surface area (Å²) in [4.78, 5) is 0. The standard InChI is InChI=1S/C18H29N/c1-5-7-14-8-6-9-15(12-14)17-11-10-16(17)13-19-18(2,3)4/h6,8-9,12,16-17,19H,5,7,10-11,13H2,1-4H3. The van der Waals surface area contributed by atoms with Crippen molar-refractivity contribution in [1.29, 1.82) is 0 Å². The molecular weight excluding hydrogens is 230 g/mol. The Hall–Kier alpha value is -0.820. The molecule has 2 rings (SSSR count). The van der Waals surface area contributed by atoms with Crippen molar-refractivity contribution in [1.82, 2.24) is 5.32 Å². The number of aryl methyl sites for hydroxylation is 1. The molecule has 0 bridgehead atoms. The first-order chi connectivity index (χ1) is 8.99. The van der Waals surface area contributed by atoms with Crippen molar-refractivity contribution < 1.29 is 0 Å². The van der Waals surface area contributed by atoms with Crippen LogP contribution in [0.25, 0.3) is 0 Å². The first-order valence-electron chi connectivity index (χ1n) is 7.83. The highest BCUT2D eigenvalue weighted by atomic mass is 14.9. The molecule has 0 heterocycles. The zero-order valence-electron chi connectivity index (χ0n) is 13.0. The molecule has 0 spiro atoms. The average molecular weight is 259 g/mol. The first kappa shape index (κ1) is 14.6. The van der Waals surface area contributed by atoms with Crippen LogP contribution in [0.15, 0.2) is 24.3 Å². The highest BCUT2D eigenvalue weighted by Gasteiger charge is 2.32. The van der Waals surface area contributed by atoms with Crippen LogP contribution in [0, 0.1) is 5.92 Å². The van der Waals surface area contributed by atoms with E-state index in [2.05, 4.69) is 57.3 Å². The van der Waals surface area contributed by atoms with Gasteiger partial charge >= 0.3 is 0 Å². The first-order valence-corrected chi connectivity index (χ1v) is 7.83. The third kappa shape index (κ3) is 4.07. The fourth-order valence-corrected chi connectivity index (χ4v) is 2.96. The van der Waals surface area contributed by atoms with E-state index in [4.69, 9.17) is 0 Å². The minimum absolute atomic E-state index is 0.240. The van der Waals surface area contributed by atoms with Crippen LogP contribution in [0.1, 0.15) is 64.0 Å². The molecule has 0 amide bonds. The minimum atomic E-state index is 0.240. The molecule has 0 aliphatic heterocycles. The summed E-state index contributed by atoms with van der Waals surface area (Å²) in [5.74, 6) is 1.61. The predicted octanol–water partition coefficient (Wildman–Crippen LogP) is 4.52. The lowest BCUT2D eigenvalue weighted by molar-refractivity contribution is 0.225. The summed E-state index contributed by atoms with van der Waals surface area (Å²) in [6, 6.07) is 9.28. The van der Waals surface area contributed by atoms with Crippen LogP contribution in [0.5, 0.6) is 0 Å². The number of benzene rings is 1. The highest BCUT2D eigenvalue weighted by Crippen LogP contribution is 2.42. The molecule has 1 aliphatic rings. The van der Waals surface area contributed by atoms with Crippen LogP contribution in [0.3, 0.4) is 0 Å². The van der Waals surface area contributed by atoms with Gasteiger partial charge in [-0.1, -0.05) is 37.6 Å². The zero-order chi connectivity index (χ0) is 13.9. The number of rotatable bonds is 5. The van der Waals surface area contributed by atoms with Gasteiger partial charge in [-0.15, -0.1) is 0 Å². The molecule has 1 saturated carbocycles. The Balaban J connectivity index is 1.96. The second-order valence-electron chi connectivity index (χ2n) is 7.07. The zero-order valence-corrected chi connectivity index (χ0v) is 13.0. The van der Waals surface area contributed by atoms with E-state index in [1.807, 2.05) is 0 Å². The molecule has 0 radical (unpaired) electrons. The summed E-state index contributed by atoms with van der Waals surface area (Å²) < 4.78 is 0. The van der Waals surface area contributed by atoms with E-state index in [-0.39, 0.29) is 5.54 Å². The third-order valence-corrected chi connectivity index (χ3v) is 4.23. The number of nitrogens with one attached hydrogen (secondary N) is 1. The maximum absolute atomic E-state index is 3.66. The van der Waals surface area contributed by atoms with Crippen LogP contribution < -0.4 is 5.32 Å². The maximum atomic E-state index is 3.66. The second kappa shape index (κ2) is 6.09. The Labute approximate surface area is 118 Å². The molecule has 1 aromatic rings. The molecule has 1 heteroatoms. The second-order valence-corrected chi connectivity index (χ2v) is 7.07. The molecule has 106 valence electrons. The summed E-state index contributed by atoms with van der Waals surface area (Å²) in [5, 5.41) is 3.66. The summed E-state index contributed by atoms with van der Waals surface area (Å²) in [6.45, 7) is 10.2. The lowest BCUT2D eigenvalue weighted by Crippen LogP contribution is -2.42. The van der Waals surface area contributed by atoms with Gasteiger partial charge in [0.05, 0.1) is 0 Å². The summed E-state index contributed by atoms with van der Waals surface area (Å²) in [5.41, 5.74) is 3.32. The van der Waals surface area contributed by atoms with Crippen molar-refractivity contribution in [2.24, 2.45) is 5.92 Å². The molecular formula is C18H29N. The van der Waals surface area contributed by atoms with E-state index in [9.17, 15) is 0 Å². The van der Waals surface area contributed by atoms with Crippen molar-refractivity contribution in [3.63, 3.8) is 0 Å². The lowest BCUT2D eigenvalue weighted by Gasteiger charge is -2.39. The maximum Gasteiger partial charge on any atom is 0.00966 e. The molecule has 0 aromatic heterocycles. The summed E-state index contributed by atoms with van der Waals surface area (Å²) in [6.07, 6.45) is 5.20. The van der Waals surface area contributed by atoms with Crippen LogP contribution in [0.2, 0.25) is 0 Å². The van der Waals surface area contributed by atoms with E-state index in [1.165, 1.54) is 31.2 Å². The Morgan fingerprint density at radius 3 is 2.58 bits per heavy atom. The Morgan fingerprint density at radius 2 is 2.00 bits per heavy atom. The summed E-state index contributed by atoms with van der Waals surface area (Å²) in [7, 11) is 0. The van der Waals surface area contributed by atoms with Gasteiger partial charge in [-0.2, -0.15) is 0 Å². The van der Waals surface area contributed by atoms with Gasteiger partial charge in [-0.3, -0.25) is 0 Å². The van der Waals surface area contributed by atoms with Gasteiger partial charge in [0.25, 0.3) is 0 Å². The highest BCUT2D eigenvalue weighted by molar-refractivity contribution is 5.28. The largest absolute Gasteiger partial charge is 0.312 e. The SMILES string of the molecule is CCCc1cccc(C2CCC2CNC(C)(C)C)c1. The van der Waals surface area contributed by atoms with Gasteiger partial charge in [0.2, 0.25) is 0 Å². The normalized spacial score (nSPS) is 23.2.